The lowest BCUT2D eigenvalue weighted by atomic mass is 10.0. The highest BCUT2D eigenvalue weighted by Gasteiger charge is 2.27. The molecule has 2 atom stereocenters. The van der Waals surface area contributed by atoms with Crippen LogP contribution in [0.5, 0.6) is 5.75 Å². The standard InChI is InChI=1S/C23H29NO4/c1-16-11-12-17(2)21(13-16)28-15-22(25)24(14-18(3)23(26)27-5)19(4)20-9-7-6-8-10-20/h6-13,18-19H,14-15H2,1-5H3. The van der Waals surface area contributed by atoms with Gasteiger partial charge in [0.05, 0.1) is 19.1 Å². The molecule has 0 aliphatic carbocycles. The number of hydrogen-bond acceptors (Lipinski definition) is 4. The number of ether oxygens (including phenoxy) is 2. The van der Waals surface area contributed by atoms with E-state index in [0.717, 1.165) is 16.7 Å². The summed E-state index contributed by atoms with van der Waals surface area (Å²) in [6.45, 7) is 7.82. The van der Waals surface area contributed by atoms with Crippen LogP contribution in [-0.4, -0.2) is 37.0 Å². The van der Waals surface area contributed by atoms with Gasteiger partial charge in [-0.1, -0.05) is 49.4 Å². The smallest absolute Gasteiger partial charge is 0.310 e. The molecule has 1 amide bonds. The highest BCUT2D eigenvalue weighted by Crippen LogP contribution is 2.23. The third kappa shape index (κ3) is 5.59. The van der Waals surface area contributed by atoms with E-state index in [1.54, 1.807) is 11.8 Å². The van der Waals surface area contributed by atoms with E-state index in [1.165, 1.54) is 7.11 Å². The lowest BCUT2D eigenvalue weighted by molar-refractivity contribution is -0.147. The molecular weight excluding hydrogens is 354 g/mol. The number of methoxy groups -OCH3 is 1. The summed E-state index contributed by atoms with van der Waals surface area (Å²) in [4.78, 5) is 26.6. The van der Waals surface area contributed by atoms with Crippen molar-refractivity contribution in [3.8, 4) is 5.75 Å². The Morgan fingerprint density at radius 3 is 2.36 bits per heavy atom. The van der Waals surface area contributed by atoms with Crippen LogP contribution in [0, 0.1) is 19.8 Å². The van der Waals surface area contributed by atoms with Crippen LogP contribution in [0.4, 0.5) is 0 Å². The lowest BCUT2D eigenvalue weighted by Crippen LogP contribution is -2.41. The second kappa shape index (κ2) is 9.93. The average molecular weight is 383 g/mol. The Morgan fingerprint density at radius 2 is 1.71 bits per heavy atom. The van der Waals surface area contributed by atoms with Gasteiger partial charge in [-0.25, -0.2) is 0 Å². The summed E-state index contributed by atoms with van der Waals surface area (Å²) in [7, 11) is 1.36. The summed E-state index contributed by atoms with van der Waals surface area (Å²) in [6.07, 6.45) is 0. The number of carbonyl (C=O) groups is 2. The molecule has 0 aliphatic rings. The van der Waals surface area contributed by atoms with Gasteiger partial charge in [-0.2, -0.15) is 0 Å². The summed E-state index contributed by atoms with van der Waals surface area (Å²) >= 11 is 0. The third-order valence-electron chi connectivity index (χ3n) is 4.84. The van der Waals surface area contributed by atoms with Gasteiger partial charge >= 0.3 is 5.97 Å². The minimum atomic E-state index is -0.430. The van der Waals surface area contributed by atoms with Crippen molar-refractivity contribution in [1.29, 1.82) is 0 Å². The fourth-order valence-electron chi connectivity index (χ4n) is 3.04. The van der Waals surface area contributed by atoms with Gasteiger partial charge in [-0.15, -0.1) is 0 Å². The molecule has 2 aromatic rings. The summed E-state index contributed by atoms with van der Waals surface area (Å²) in [6, 6.07) is 15.5. The molecule has 0 aliphatic heterocycles. The molecule has 0 saturated carbocycles. The number of nitrogens with zero attached hydrogens (tertiary/aromatic N) is 1. The minimum Gasteiger partial charge on any atom is -0.483 e. The fraction of sp³-hybridized carbons (Fsp3) is 0.391. The Bertz CT molecular complexity index is 804. The van der Waals surface area contributed by atoms with Crippen LogP contribution < -0.4 is 4.74 Å². The number of esters is 1. The van der Waals surface area contributed by atoms with Gasteiger partial charge in [0.25, 0.3) is 5.91 Å². The molecule has 2 rings (SSSR count). The maximum atomic E-state index is 13.0. The molecule has 0 aromatic heterocycles. The van der Waals surface area contributed by atoms with Crippen LogP contribution in [0.1, 0.15) is 36.6 Å². The van der Waals surface area contributed by atoms with Crippen molar-refractivity contribution in [1.82, 2.24) is 4.90 Å². The van der Waals surface area contributed by atoms with Gasteiger partial charge in [0.15, 0.2) is 6.61 Å². The highest BCUT2D eigenvalue weighted by molar-refractivity contribution is 5.79. The zero-order chi connectivity index (χ0) is 20.7. The molecule has 5 heteroatoms. The summed E-state index contributed by atoms with van der Waals surface area (Å²) < 4.78 is 10.6. The van der Waals surface area contributed by atoms with E-state index in [9.17, 15) is 9.59 Å². The second-order valence-corrected chi connectivity index (χ2v) is 7.11. The van der Waals surface area contributed by atoms with Crippen molar-refractivity contribution in [2.75, 3.05) is 20.3 Å². The highest BCUT2D eigenvalue weighted by atomic mass is 16.5. The van der Waals surface area contributed by atoms with Crippen LogP contribution in [0.3, 0.4) is 0 Å². The topological polar surface area (TPSA) is 55.8 Å². The SMILES string of the molecule is COC(=O)C(C)CN(C(=O)COc1cc(C)ccc1C)C(C)c1ccccc1. The Hall–Kier alpha value is -2.82. The summed E-state index contributed by atoms with van der Waals surface area (Å²) in [5.74, 6) is -0.246. The average Bonchev–Trinajstić information content (AvgIpc) is 2.71. The number of amides is 1. The molecule has 0 bridgehead atoms. The number of hydrogen-bond donors (Lipinski definition) is 0. The van der Waals surface area contributed by atoms with Gasteiger partial charge in [-0.05, 0) is 43.5 Å². The van der Waals surface area contributed by atoms with Gasteiger partial charge in [0, 0.05) is 6.54 Å². The first kappa shape index (κ1) is 21.5. The molecule has 2 aromatic carbocycles. The van der Waals surface area contributed by atoms with Crippen molar-refractivity contribution in [3.63, 3.8) is 0 Å². The number of carbonyl (C=O) groups excluding carboxylic acids is 2. The number of rotatable bonds is 8. The molecule has 2 unspecified atom stereocenters. The van der Waals surface area contributed by atoms with Crippen molar-refractivity contribution in [2.24, 2.45) is 5.92 Å². The van der Waals surface area contributed by atoms with E-state index in [1.807, 2.05) is 69.3 Å². The lowest BCUT2D eigenvalue weighted by Gasteiger charge is -2.31. The minimum absolute atomic E-state index is 0.0879. The van der Waals surface area contributed by atoms with E-state index in [4.69, 9.17) is 9.47 Å². The normalized spacial score (nSPS) is 12.8. The zero-order valence-electron chi connectivity index (χ0n) is 17.3. The van der Waals surface area contributed by atoms with Crippen molar-refractivity contribution in [3.05, 3.63) is 65.2 Å². The first-order valence-electron chi connectivity index (χ1n) is 9.45. The fourth-order valence-corrected chi connectivity index (χ4v) is 3.04. The third-order valence-corrected chi connectivity index (χ3v) is 4.84. The maximum Gasteiger partial charge on any atom is 0.310 e. The van der Waals surface area contributed by atoms with Crippen LogP contribution in [0.2, 0.25) is 0 Å². The largest absolute Gasteiger partial charge is 0.483 e. The number of benzene rings is 2. The molecule has 0 spiro atoms. The van der Waals surface area contributed by atoms with Crippen molar-refractivity contribution in [2.45, 2.75) is 33.7 Å². The first-order chi connectivity index (χ1) is 13.3. The molecule has 0 heterocycles. The van der Waals surface area contributed by atoms with E-state index in [2.05, 4.69) is 0 Å². The second-order valence-electron chi connectivity index (χ2n) is 7.11. The molecule has 0 fully saturated rings. The van der Waals surface area contributed by atoms with Crippen LogP contribution in [0.15, 0.2) is 48.5 Å². The van der Waals surface area contributed by atoms with E-state index in [0.29, 0.717) is 5.75 Å². The maximum absolute atomic E-state index is 13.0. The Balaban J connectivity index is 2.18. The summed E-state index contributed by atoms with van der Waals surface area (Å²) in [5, 5.41) is 0. The Labute approximate surface area is 167 Å². The summed E-state index contributed by atoms with van der Waals surface area (Å²) in [5.41, 5.74) is 3.05. The van der Waals surface area contributed by atoms with E-state index < -0.39 is 5.92 Å². The van der Waals surface area contributed by atoms with Crippen molar-refractivity contribution >= 4 is 11.9 Å². The van der Waals surface area contributed by atoms with Crippen LogP contribution in [0.25, 0.3) is 0 Å². The van der Waals surface area contributed by atoms with E-state index in [-0.39, 0.29) is 31.1 Å². The molecule has 0 N–H and O–H groups in total. The first-order valence-corrected chi connectivity index (χ1v) is 9.45. The number of aryl methyl sites for hydroxylation is 2. The van der Waals surface area contributed by atoms with E-state index >= 15 is 0 Å². The predicted octanol–water partition coefficient (Wildman–Crippen LogP) is 4.08. The molecular formula is C23H29NO4. The van der Waals surface area contributed by atoms with Gasteiger partial charge in [0.1, 0.15) is 5.75 Å². The predicted molar refractivity (Wildman–Crippen MR) is 109 cm³/mol. The molecule has 5 nitrogen and oxygen atoms in total. The quantitative estimate of drug-likeness (QED) is 0.645. The van der Waals surface area contributed by atoms with Gasteiger partial charge in [0.2, 0.25) is 0 Å². The monoisotopic (exact) mass is 383 g/mol. The molecule has 0 saturated heterocycles. The van der Waals surface area contributed by atoms with Crippen LogP contribution >= 0.6 is 0 Å². The molecule has 0 radical (unpaired) electrons. The van der Waals surface area contributed by atoms with Gasteiger partial charge < -0.3 is 14.4 Å². The Kier molecular flexibility index (Phi) is 7.61. The van der Waals surface area contributed by atoms with Crippen molar-refractivity contribution < 1.29 is 19.1 Å². The molecule has 28 heavy (non-hydrogen) atoms. The zero-order valence-corrected chi connectivity index (χ0v) is 17.3. The molecule has 150 valence electrons. The Morgan fingerprint density at radius 1 is 1.04 bits per heavy atom. The van der Waals surface area contributed by atoms with Gasteiger partial charge in [-0.3, -0.25) is 9.59 Å². The van der Waals surface area contributed by atoms with Crippen LogP contribution in [-0.2, 0) is 14.3 Å².